The van der Waals surface area contributed by atoms with E-state index < -0.39 is 4.92 Å². The molecular formula is C11H14N4O2. The molecule has 0 spiro atoms. The van der Waals surface area contributed by atoms with Gasteiger partial charge in [0.05, 0.1) is 4.92 Å². The molecule has 2 atom stereocenters. The number of nitrogens with two attached hydrogens (primary N) is 1. The number of nitrogens with one attached hydrogen (secondary N) is 2. The van der Waals surface area contributed by atoms with Crippen LogP contribution in [0.5, 0.6) is 0 Å². The third kappa shape index (κ3) is 1.70. The summed E-state index contributed by atoms with van der Waals surface area (Å²) in [7, 11) is 0. The van der Waals surface area contributed by atoms with Crippen molar-refractivity contribution in [3.63, 3.8) is 0 Å². The molecule has 1 aromatic rings. The average molecular weight is 234 g/mol. The SMILES string of the molecule is Nc1cc(NC2C3CNCC32)ccc1[N+](=O)[O-]. The van der Waals surface area contributed by atoms with Crippen LogP contribution in [0.15, 0.2) is 18.2 Å². The number of nitro groups is 1. The van der Waals surface area contributed by atoms with Gasteiger partial charge in [0.1, 0.15) is 5.69 Å². The van der Waals surface area contributed by atoms with Crippen LogP contribution in [0, 0.1) is 22.0 Å². The van der Waals surface area contributed by atoms with E-state index >= 15 is 0 Å². The summed E-state index contributed by atoms with van der Waals surface area (Å²) >= 11 is 0. The zero-order valence-electron chi connectivity index (χ0n) is 9.22. The van der Waals surface area contributed by atoms with Gasteiger partial charge in [-0.15, -0.1) is 0 Å². The lowest BCUT2D eigenvalue weighted by Crippen LogP contribution is -2.21. The summed E-state index contributed by atoms with van der Waals surface area (Å²) in [6.45, 7) is 2.12. The summed E-state index contributed by atoms with van der Waals surface area (Å²) in [5.74, 6) is 1.40. The largest absolute Gasteiger partial charge is 0.393 e. The standard InChI is InChI=1S/C11H14N4O2/c12-9-3-6(1-2-10(9)15(16)17)14-11-7-4-13-5-8(7)11/h1-3,7-8,11,13-14H,4-5,12H2. The maximum absolute atomic E-state index is 10.6. The molecule has 1 saturated heterocycles. The number of benzene rings is 1. The highest BCUT2D eigenvalue weighted by Crippen LogP contribution is 2.44. The van der Waals surface area contributed by atoms with Crippen LogP contribution in [0.2, 0.25) is 0 Å². The van der Waals surface area contributed by atoms with Crippen LogP contribution >= 0.6 is 0 Å². The summed E-state index contributed by atoms with van der Waals surface area (Å²) in [6, 6.07) is 5.31. The summed E-state index contributed by atoms with van der Waals surface area (Å²) < 4.78 is 0. The molecular weight excluding hydrogens is 220 g/mol. The van der Waals surface area contributed by atoms with Crippen LogP contribution in [0.4, 0.5) is 17.1 Å². The third-order valence-corrected chi connectivity index (χ3v) is 3.65. The van der Waals surface area contributed by atoms with Crippen molar-refractivity contribution < 1.29 is 4.92 Å². The lowest BCUT2D eigenvalue weighted by atomic mass is 10.2. The molecule has 2 fully saturated rings. The molecule has 1 aliphatic carbocycles. The molecule has 6 heteroatoms. The molecule has 3 rings (SSSR count). The third-order valence-electron chi connectivity index (χ3n) is 3.65. The van der Waals surface area contributed by atoms with Gasteiger partial charge in [0, 0.05) is 30.9 Å². The molecule has 17 heavy (non-hydrogen) atoms. The molecule has 4 N–H and O–H groups in total. The highest BCUT2D eigenvalue weighted by molar-refractivity contribution is 5.66. The molecule has 90 valence electrons. The van der Waals surface area contributed by atoms with Crippen molar-refractivity contribution >= 4 is 17.1 Å². The lowest BCUT2D eigenvalue weighted by molar-refractivity contribution is -0.383. The molecule has 1 aromatic carbocycles. The molecule has 0 radical (unpaired) electrons. The fraction of sp³-hybridized carbons (Fsp3) is 0.455. The minimum atomic E-state index is -0.463. The van der Waals surface area contributed by atoms with Gasteiger partial charge in [0.2, 0.25) is 0 Å². The Morgan fingerprint density at radius 2 is 2.12 bits per heavy atom. The van der Waals surface area contributed by atoms with E-state index in [0.29, 0.717) is 17.9 Å². The zero-order valence-corrected chi connectivity index (χ0v) is 9.22. The number of nitrogens with zero attached hydrogens (tertiary/aromatic N) is 1. The Balaban J connectivity index is 1.72. The quantitative estimate of drug-likeness (QED) is 0.409. The number of hydrogen-bond donors (Lipinski definition) is 3. The van der Waals surface area contributed by atoms with Crippen LogP contribution in [0.3, 0.4) is 0 Å². The summed E-state index contributed by atoms with van der Waals surface area (Å²) in [5.41, 5.74) is 6.69. The number of rotatable bonds is 3. The minimum absolute atomic E-state index is 0.0341. The van der Waals surface area contributed by atoms with E-state index in [4.69, 9.17) is 5.73 Å². The van der Waals surface area contributed by atoms with Crippen molar-refractivity contribution in [2.75, 3.05) is 24.1 Å². The van der Waals surface area contributed by atoms with Crippen LogP contribution in [0.25, 0.3) is 0 Å². The molecule has 0 bridgehead atoms. The van der Waals surface area contributed by atoms with Gasteiger partial charge in [-0.25, -0.2) is 0 Å². The Morgan fingerprint density at radius 1 is 1.41 bits per heavy atom. The Labute approximate surface area is 98.3 Å². The summed E-state index contributed by atoms with van der Waals surface area (Å²) in [4.78, 5) is 10.2. The first-order valence-corrected chi connectivity index (χ1v) is 5.68. The number of hydrogen-bond acceptors (Lipinski definition) is 5. The Bertz CT molecular complexity index is 467. The van der Waals surface area contributed by atoms with Gasteiger partial charge in [-0.2, -0.15) is 0 Å². The highest BCUT2D eigenvalue weighted by atomic mass is 16.6. The minimum Gasteiger partial charge on any atom is -0.393 e. The second kappa shape index (κ2) is 3.59. The maximum Gasteiger partial charge on any atom is 0.292 e. The average Bonchev–Trinajstić information content (AvgIpc) is 2.74. The monoisotopic (exact) mass is 234 g/mol. The fourth-order valence-electron chi connectivity index (χ4n) is 2.64. The molecule has 2 unspecified atom stereocenters. The van der Waals surface area contributed by atoms with Crippen LogP contribution in [-0.4, -0.2) is 24.1 Å². The van der Waals surface area contributed by atoms with Gasteiger partial charge in [0.15, 0.2) is 0 Å². The molecule has 2 aliphatic rings. The fourth-order valence-corrected chi connectivity index (χ4v) is 2.64. The van der Waals surface area contributed by atoms with E-state index in [2.05, 4.69) is 10.6 Å². The number of nitrogen functional groups attached to an aromatic ring is 1. The Kier molecular flexibility index (Phi) is 2.19. The van der Waals surface area contributed by atoms with Crippen LogP contribution in [0.1, 0.15) is 0 Å². The van der Waals surface area contributed by atoms with Crippen molar-refractivity contribution in [2.45, 2.75) is 6.04 Å². The van der Waals surface area contributed by atoms with E-state index in [9.17, 15) is 10.1 Å². The van der Waals surface area contributed by atoms with E-state index in [-0.39, 0.29) is 11.4 Å². The lowest BCUT2D eigenvalue weighted by Gasteiger charge is -2.09. The Morgan fingerprint density at radius 3 is 2.71 bits per heavy atom. The van der Waals surface area contributed by atoms with Crippen molar-refractivity contribution in [1.82, 2.24) is 5.32 Å². The second-order valence-corrected chi connectivity index (χ2v) is 4.69. The topological polar surface area (TPSA) is 93.2 Å². The predicted octanol–water partition coefficient (Wildman–Crippen LogP) is 0.807. The first kappa shape index (κ1) is 10.3. The van der Waals surface area contributed by atoms with E-state index in [0.717, 1.165) is 18.8 Å². The number of piperidine rings is 1. The molecule has 1 heterocycles. The number of nitro benzene ring substituents is 1. The smallest absolute Gasteiger partial charge is 0.292 e. The van der Waals surface area contributed by atoms with Crippen molar-refractivity contribution in [2.24, 2.45) is 11.8 Å². The van der Waals surface area contributed by atoms with Crippen LogP contribution in [-0.2, 0) is 0 Å². The van der Waals surface area contributed by atoms with Gasteiger partial charge in [-0.1, -0.05) is 0 Å². The maximum atomic E-state index is 10.6. The second-order valence-electron chi connectivity index (χ2n) is 4.69. The first-order valence-electron chi connectivity index (χ1n) is 5.68. The van der Waals surface area contributed by atoms with Gasteiger partial charge in [-0.3, -0.25) is 10.1 Å². The van der Waals surface area contributed by atoms with Gasteiger partial charge in [0.25, 0.3) is 5.69 Å². The molecule has 0 aromatic heterocycles. The van der Waals surface area contributed by atoms with Crippen LogP contribution < -0.4 is 16.4 Å². The Hall–Kier alpha value is -1.82. The van der Waals surface area contributed by atoms with Gasteiger partial charge >= 0.3 is 0 Å². The number of anilines is 2. The molecule has 0 amide bonds. The first-order chi connectivity index (χ1) is 8.16. The normalized spacial score (nSPS) is 29.8. The summed E-state index contributed by atoms with van der Waals surface area (Å²) in [6.07, 6.45) is 0. The summed E-state index contributed by atoms with van der Waals surface area (Å²) in [5, 5.41) is 17.3. The van der Waals surface area contributed by atoms with Crippen molar-refractivity contribution in [3.8, 4) is 0 Å². The molecule has 1 aliphatic heterocycles. The highest BCUT2D eigenvalue weighted by Gasteiger charge is 2.52. The zero-order chi connectivity index (χ0) is 12.0. The van der Waals surface area contributed by atoms with E-state index in [1.807, 2.05) is 0 Å². The molecule has 1 saturated carbocycles. The van der Waals surface area contributed by atoms with Gasteiger partial charge in [-0.05, 0) is 24.0 Å². The van der Waals surface area contributed by atoms with E-state index in [1.54, 1.807) is 12.1 Å². The predicted molar refractivity (Wildman–Crippen MR) is 64.8 cm³/mol. The van der Waals surface area contributed by atoms with Gasteiger partial charge < -0.3 is 16.4 Å². The van der Waals surface area contributed by atoms with E-state index in [1.165, 1.54) is 6.07 Å². The van der Waals surface area contributed by atoms with Crippen molar-refractivity contribution in [1.29, 1.82) is 0 Å². The number of fused-ring (bicyclic) bond motifs is 1. The molecule has 6 nitrogen and oxygen atoms in total. The van der Waals surface area contributed by atoms with Crippen molar-refractivity contribution in [3.05, 3.63) is 28.3 Å².